The third-order valence-electron chi connectivity index (χ3n) is 6.72. The number of pyridine rings is 1. The summed E-state index contributed by atoms with van der Waals surface area (Å²) in [5, 5.41) is 10.9. The maximum Gasteiger partial charge on any atom is 0.231 e. The van der Waals surface area contributed by atoms with Gasteiger partial charge in [0.2, 0.25) is 5.91 Å². The number of amides is 1. The minimum absolute atomic E-state index is 0.0801. The first kappa shape index (κ1) is 24.8. The van der Waals surface area contributed by atoms with Crippen molar-refractivity contribution in [3.05, 3.63) is 76.7 Å². The molecule has 10 heteroatoms. The zero-order valence-electron chi connectivity index (χ0n) is 19.8. The van der Waals surface area contributed by atoms with Crippen LogP contribution in [0.2, 0.25) is 5.02 Å². The van der Waals surface area contributed by atoms with Gasteiger partial charge in [0.15, 0.2) is 11.4 Å². The molecule has 1 fully saturated rings. The molecule has 184 valence electrons. The van der Waals surface area contributed by atoms with Crippen molar-refractivity contribution in [3.8, 4) is 5.75 Å². The van der Waals surface area contributed by atoms with Gasteiger partial charge < -0.3 is 9.64 Å². The van der Waals surface area contributed by atoms with E-state index in [2.05, 4.69) is 28.7 Å². The van der Waals surface area contributed by atoms with Gasteiger partial charge in [-0.05, 0) is 71.6 Å². The van der Waals surface area contributed by atoms with Gasteiger partial charge >= 0.3 is 0 Å². The van der Waals surface area contributed by atoms with Crippen LogP contribution in [-0.2, 0) is 4.79 Å². The molecule has 0 radical (unpaired) electrons. The molecule has 4 atom stereocenters. The van der Waals surface area contributed by atoms with Crippen LogP contribution in [0.1, 0.15) is 34.1 Å². The Morgan fingerprint density at radius 2 is 1.83 bits per heavy atom. The molecular weight excluding hydrogens is 514 g/mol. The Morgan fingerprint density at radius 3 is 2.50 bits per heavy atom. The van der Waals surface area contributed by atoms with E-state index in [1.165, 1.54) is 0 Å². The van der Waals surface area contributed by atoms with Crippen molar-refractivity contribution in [3.63, 3.8) is 0 Å². The molecule has 4 aromatic rings. The maximum absolute atomic E-state index is 14.0. The quantitative estimate of drug-likeness (QED) is 0.276. The number of methoxy groups -OCH3 is 1. The minimum atomic E-state index is -0.551. The van der Waals surface area contributed by atoms with Crippen LogP contribution in [-0.4, -0.2) is 39.9 Å². The molecule has 36 heavy (non-hydrogen) atoms. The third-order valence-corrected chi connectivity index (χ3v) is 7.93. The Bertz CT molecular complexity index is 1470. The Kier molecular flexibility index (Phi) is 6.82. The lowest BCUT2D eigenvalue weighted by Gasteiger charge is -2.21. The lowest BCUT2D eigenvalue weighted by molar-refractivity contribution is -0.120. The van der Waals surface area contributed by atoms with Crippen LogP contribution in [0.25, 0.3) is 5.65 Å². The molecular formula is C26H25ClN4O3P2. The molecule has 5 rings (SSSR count). The van der Waals surface area contributed by atoms with Gasteiger partial charge in [-0.2, -0.15) is 0 Å². The summed E-state index contributed by atoms with van der Waals surface area (Å²) in [6.45, 7) is 2.28. The van der Waals surface area contributed by atoms with E-state index in [1.54, 1.807) is 36.3 Å². The van der Waals surface area contributed by atoms with Crippen molar-refractivity contribution >= 4 is 63.7 Å². The number of Topliss-reactive ketones (excluding diaryl/α,β-unsaturated/α-hetero) is 1. The maximum atomic E-state index is 14.0. The topological polar surface area (TPSA) is 76.8 Å². The summed E-state index contributed by atoms with van der Waals surface area (Å²) in [4.78, 5) is 29.0. The molecule has 2 aromatic heterocycles. The van der Waals surface area contributed by atoms with E-state index >= 15 is 0 Å². The molecule has 2 aromatic carbocycles. The fourth-order valence-electron chi connectivity index (χ4n) is 4.92. The average molecular weight is 539 g/mol. The third kappa shape index (κ3) is 4.41. The number of ether oxygens (including phenoxy) is 1. The van der Waals surface area contributed by atoms with Crippen LogP contribution in [0.3, 0.4) is 0 Å². The summed E-state index contributed by atoms with van der Waals surface area (Å²) in [6.07, 6.45) is 1.95. The van der Waals surface area contributed by atoms with E-state index in [9.17, 15) is 9.59 Å². The summed E-state index contributed by atoms with van der Waals surface area (Å²) in [7, 11) is 7.14. The molecule has 7 nitrogen and oxygen atoms in total. The van der Waals surface area contributed by atoms with Gasteiger partial charge in [-0.15, -0.1) is 28.7 Å². The summed E-state index contributed by atoms with van der Waals surface area (Å²) < 4.78 is 7.29. The monoisotopic (exact) mass is 538 g/mol. The SMILES string of the molecule is COc1cc(P)c([C@@H]2CN(c3cccn4c(C)nnc34)C(=O)[C@H]2CC(=O)c2ccc(Cl)cc2)c(P)c1. The molecule has 0 bridgehead atoms. The number of rotatable bonds is 6. The van der Waals surface area contributed by atoms with Gasteiger partial charge in [0, 0.05) is 35.7 Å². The predicted octanol–water partition coefficient (Wildman–Crippen LogP) is 3.72. The molecule has 1 amide bonds. The number of benzene rings is 2. The molecule has 1 aliphatic heterocycles. The highest BCUT2D eigenvalue weighted by Crippen LogP contribution is 2.40. The van der Waals surface area contributed by atoms with E-state index < -0.39 is 5.92 Å². The highest BCUT2D eigenvalue weighted by atomic mass is 35.5. The van der Waals surface area contributed by atoms with Gasteiger partial charge in [0.25, 0.3) is 0 Å². The smallest absolute Gasteiger partial charge is 0.231 e. The first-order valence-electron chi connectivity index (χ1n) is 11.4. The standard InChI is InChI=1S/C26H25ClN4O3P2/c1-14-28-29-25-20(4-3-9-30(14)25)31-13-19(24-22(35)10-17(34-2)11-23(24)36)18(26(31)33)12-21(32)15-5-7-16(27)8-6-15/h3-11,18-19H,12-13,35-36H2,1-2H3/t18-,19+/m0/s1. The summed E-state index contributed by atoms with van der Waals surface area (Å²) in [5.41, 5.74) is 2.82. The van der Waals surface area contributed by atoms with Gasteiger partial charge in [-0.25, -0.2) is 0 Å². The van der Waals surface area contributed by atoms with E-state index in [4.69, 9.17) is 16.3 Å². The van der Waals surface area contributed by atoms with Crippen molar-refractivity contribution in [1.82, 2.24) is 14.6 Å². The second kappa shape index (κ2) is 9.89. The predicted molar refractivity (Wildman–Crippen MR) is 148 cm³/mol. The van der Waals surface area contributed by atoms with Crippen molar-refractivity contribution in [1.29, 1.82) is 0 Å². The number of halogens is 1. The number of ketones is 1. The second-order valence-electron chi connectivity index (χ2n) is 8.85. The highest BCUT2D eigenvalue weighted by molar-refractivity contribution is 7.29. The Morgan fingerprint density at radius 1 is 1.14 bits per heavy atom. The van der Waals surface area contributed by atoms with Gasteiger partial charge in [0.1, 0.15) is 11.6 Å². The minimum Gasteiger partial charge on any atom is -0.497 e. The lowest BCUT2D eigenvalue weighted by Crippen LogP contribution is -2.28. The van der Waals surface area contributed by atoms with Crippen LogP contribution in [0, 0.1) is 12.8 Å². The summed E-state index contributed by atoms with van der Waals surface area (Å²) in [6, 6.07) is 14.4. The molecule has 0 aliphatic carbocycles. The van der Waals surface area contributed by atoms with E-state index in [0.29, 0.717) is 28.5 Å². The number of aryl methyl sites for hydroxylation is 1. The second-order valence-corrected chi connectivity index (χ2v) is 10.5. The van der Waals surface area contributed by atoms with E-state index in [-0.39, 0.29) is 24.0 Å². The molecule has 1 aliphatic rings. The number of nitrogens with zero attached hydrogens (tertiary/aromatic N) is 4. The number of fused-ring (bicyclic) bond motifs is 1. The number of carbonyl (C=O) groups excluding carboxylic acids is 2. The van der Waals surface area contributed by atoms with Crippen LogP contribution in [0.15, 0.2) is 54.7 Å². The zero-order chi connectivity index (χ0) is 25.6. The van der Waals surface area contributed by atoms with Crippen molar-refractivity contribution in [2.45, 2.75) is 19.3 Å². The van der Waals surface area contributed by atoms with E-state index in [0.717, 1.165) is 27.7 Å². The first-order chi connectivity index (χ1) is 17.3. The van der Waals surface area contributed by atoms with Crippen LogP contribution in [0.5, 0.6) is 5.75 Å². The largest absolute Gasteiger partial charge is 0.497 e. The highest BCUT2D eigenvalue weighted by Gasteiger charge is 2.44. The Balaban J connectivity index is 1.58. The van der Waals surface area contributed by atoms with Crippen LogP contribution < -0.4 is 20.2 Å². The Hall–Kier alpha value is -2.85. The fourth-order valence-corrected chi connectivity index (χ4v) is 6.31. The van der Waals surface area contributed by atoms with Crippen molar-refractivity contribution in [2.24, 2.45) is 5.92 Å². The number of hydrogen-bond donors (Lipinski definition) is 0. The summed E-state index contributed by atoms with van der Waals surface area (Å²) >= 11 is 6.01. The van der Waals surface area contributed by atoms with Crippen LogP contribution in [0.4, 0.5) is 5.69 Å². The summed E-state index contributed by atoms with van der Waals surface area (Å²) in [5.74, 6) is 0.484. The molecule has 0 N–H and O–H groups in total. The van der Waals surface area contributed by atoms with Gasteiger partial charge in [-0.3, -0.25) is 14.0 Å². The molecule has 3 heterocycles. The molecule has 1 saturated heterocycles. The number of aromatic nitrogens is 3. The van der Waals surface area contributed by atoms with E-state index in [1.807, 2.05) is 41.8 Å². The van der Waals surface area contributed by atoms with Crippen molar-refractivity contribution < 1.29 is 14.3 Å². The number of carbonyl (C=O) groups is 2. The molecule has 2 unspecified atom stereocenters. The van der Waals surface area contributed by atoms with Crippen molar-refractivity contribution in [2.75, 3.05) is 18.6 Å². The number of anilines is 1. The molecule has 0 spiro atoms. The normalized spacial score (nSPS) is 17.7. The van der Waals surface area contributed by atoms with Gasteiger partial charge in [-0.1, -0.05) is 11.6 Å². The molecule has 0 saturated carbocycles. The Labute approximate surface area is 218 Å². The van der Waals surface area contributed by atoms with Gasteiger partial charge in [0.05, 0.1) is 18.7 Å². The first-order valence-corrected chi connectivity index (χ1v) is 12.9. The number of hydrogen-bond acceptors (Lipinski definition) is 5. The van der Waals surface area contributed by atoms with Crippen LogP contribution >= 0.6 is 30.1 Å². The fraction of sp³-hybridized carbons (Fsp3) is 0.231. The zero-order valence-corrected chi connectivity index (χ0v) is 22.9. The lowest BCUT2D eigenvalue weighted by atomic mass is 9.84. The average Bonchev–Trinajstić information content (AvgIpc) is 3.39.